The Morgan fingerprint density at radius 3 is 2.76 bits per heavy atom. The van der Waals surface area contributed by atoms with Gasteiger partial charge in [0.25, 0.3) is 0 Å². The molecule has 2 N–H and O–H groups in total. The fourth-order valence-electron chi connectivity index (χ4n) is 2.21. The first kappa shape index (κ1) is 12.3. The van der Waals surface area contributed by atoms with Gasteiger partial charge in [-0.2, -0.15) is 0 Å². The molecule has 2 atom stereocenters. The first-order valence-electron chi connectivity index (χ1n) is 6.09. The zero-order valence-electron chi connectivity index (χ0n) is 10.1. The summed E-state index contributed by atoms with van der Waals surface area (Å²) in [5.74, 6) is 1.28. The van der Waals surface area contributed by atoms with Gasteiger partial charge in [0.1, 0.15) is 11.1 Å². The molecule has 1 aliphatic carbocycles. The molecule has 0 saturated heterocycles. The van der Waals surface area contributed by atoms with E-state index >= 15 is 0 Å². The van der Waals surface area contributed by atoms with Crippen LogP contribution in [0.3, 0.4) is 0 Å². The minimum atomic E-state index is 0.298. The van der Waals surface area contributed by atoms with Gasteiger partial charge in [-0.25, -0.2) is 4.98 Å². The fraction of sp³-hybridized carbons (Fsp3) is 0.538. The molecule has 1 heterocycles. The van der Waals surface area contributed by atoms with Crippen LogP contribution in [-0.4, -0.2) is 16.1 Å². The topological polar surface area (TPSA) is 48.1 Å². The Balaban J connectivity index is 2.00. The molecule has 0 bridgehead atoms. The average molecular weight is 250 g/mol. The van der Waals surface area contributed by atoms with E-state index in [2.05, 4.69) is 11.9 Å². The van der Waals surface area contributed by atoms with E-state index in [1.807, 2.05) is 12.1 Å². The van der Waals surface area contributed by atoms with Crippen molar-refractivity contribution < 1.29 is 4.74 Å². The quantitative estimate of drug-likeness (QED) is 0.838. The van der Waals surface area contributed by atoms with E-state index in [0.717, 1.165) is 12.0 Å². The molecule has 17 heavy (non-hydrogen) atoms. The Kier molecular flexibility index (Phi) is 3.94. The molecular weight excluding hydrogens is 232 g/mol. The first-order valence-corrected chi connectivity index (χ1v) is 6.50. The highest BCUT2D eigenvalue weighted by Crippen LogP contribution is 2.27. The summed E-state index contributed by atoms with van der Waals surface area (Å²) in [5.41, 5.74) is 6.30. The van der Waals surface area contributed by atoms with Crippen molar-refractivity contribution in [3.63, 3.8) is 0 Å². The van der Waals surface area contributed by atoms with Gasteiger partial charge in [-0.3, -0.25) is 0 Å². The molecule has 1 aromatic heterocycles. The van der Waals surface area contributed by atoms with Crippen molar-refractivity contribution in [1.82, 2.24) is 4.98 Å². The van der Waals surface area contributed by atoms with Crippen LogP contribution in [0.15, 0.2) is 18.3 Å². The van der Waals surface area contributed by atoms with Crippen molar-refractivity contribution in [2.45, 2.75) is 38.7 Å². The monoisotopic (exact) mass is 250 g/mol. The SMILES string of the molecule is CC1CCCCC1Oc1ccc(C(N)=S)cn1. The molecule has 0 radical (unpaired) electrons. The third-order valence-electron chi connectivity index (χ3n) is 3.33. The van der Waals surface area contributed by atoms with Crippen LogP contribution in [0, 0.1) is 5.92 Å². The molecule has 0 aromatic carbocycles. The lowest BCUT2D eigenvalue weighted by molar-refractivity contribution is 0.0976. The van der Waals surface area contributed by atoms with Crippen LogP contribution in [0.25, 0.3) is 0 Å². The second-order valence-electron chi connectivity index (χ2n) is 4.67. The van der Waals surface area contributed by atoms with E-state index in [-0.39, 0.29) is 0 Å². The third kappa shape index (κ3) is 3.16. The lowest BCUT2D eigenvalue weighted by atomic mass is 9.88. The number of thiocarbonyl (C=S) groups is 1. The summed E-state index contributed by atoms with van der Waals surface area (Å²) in [6, 6.07) is 3.70. The van der Waals surface area contributed by atoms with E-state index in [1.54, 1.807) is 6.20 Å². The molecule has 0 aliphatic heterocycles. The minimum absolute atomic E-state index is 0.298. The van der Waals surface area contributed by atoms with Crippen LogP contribution in [0.1, 0.15) is 38.2 Å². The van der Waals surface area contributed by atoms with Crippen LogP contribution in [0.2, 0.25) is 0 Å². The Morgan fingerprint density at radius 1 is 1.41 bits per heavy atom. The molecule has 2 unspecified atom stereocenters. The minimum Gasteiger partial charge on any atom is -0.474 e. The maximum atomic E-state index is 5.91. The number of aromatic nitrogens is 1. The molecule has 1 saturated carbocycles. The maximum Gasteiger partial charge on any atom is 0.213 e. The molecular formula is C13H18N2OS. The summed E-state index contributed by atoms with van der Waals surface area (Å²) < 4.78 is 5.91. The number of nitrogens with zero attached hydrogens (tertiary/aromatic N) is 1. The number of hydrogen-bond donors (Lipinski definition) is 1. The van der Waals surface area contributed by atoms with Crippen molar-refractivity contribution in [2.24, 2.45) is 11.7 Å². The molecule has 0 amide bonds. The Morgan fingerprint density at radius 2 is 2.18 bits per heavy atom. The van der Waals surface area contributed by atoms with Crippen LogP contribution in [0.4, 0.5) is 0 Å². The average Bonchev–Trinajstić information content (AvgIpc) is 2.33. The largest absolute Gasteiger partial charge is 0.474 e. The van der Waals surface area contributed by atoms with Gasteiger partial charge in [0.15, 0.2) is 0 Å². The van der Waals surface area contributed by atoms with Crippen molar-refractivity contribution in [1.29, 1.82) is 0 Å². The van der Waals surface area contributed by atoms with Crippen LogP contribution in [-0.2, 0) is 0 Å². The van der Waals surface area contributed by atoms with Crippen molar-refractivity contribution in [3.8, 4) is 5.88 Å². The summed E-state index contributed by atoms with van der Waals surface area (Å²) >= 11 is 4.88. The number of nitrogens with two attached hydrogens (primary N) is 1. The van der Waals surface area contributed by atoms with Crippen LogP contribution in [0.5, 0.6) is 5.88 Å². The lowest BCUT2D eigenvalue weighted by Gasteiger charge is -2.28. The Hall–Kier alpha value is -1.16. The Labute approximate surface area is 107 Å². The van der Waals surface area contributed by atoms with Crippen LogP contribution >= 0.6 is 12.2 Å². The highest BCUT2D eigenvalue weighted by molar-refractivity contribution is 7.80. The predicted octanol–water partition coefficient (Wildman–Crippen LogP) is 2.67. The van der Waals surface area contributed by atoms with Gasteiger partial charge in [-0.05, 0) is 31.2 Å². The van der Waals surface area contributed by atoms with E-state index in [0.29, 0.717) is 22.9 Å². The van der Waals surface area contributed by atoms with Gasteiger partial charge < -0.3 is 10.5 Å². The Bertz CT molecular complexity index is 391. The normalized spacial score (nSPS) is 24.3. The van der Waals surface area contributed by atoms with E-state index in [4.69, 9.17) is 22.7 Å². The zero-order chi connectivity index (χ0) is 12.3. The fourth-order valence-corrected chi connectivity index (χ4v) is 2.33. The van der Waals surface area contributed by atoms with Gasteiger partial charge >= 0.3 is 0 Å². The first-order chi connectivity index (χ1) is 8.16. The third-order valence-corrected chi connectivity index (χ3v) is 3.56. The number of ether oxygens (including phenoxy) is 1. The van der Waals surface area contributed by atoms with Gasteiger partial charge in [-0.1, -0.05) is 25.6 Å². The van der Waals surface area contributed by atoms with E-state index < -0.39 is 0 Å². The second kappa shape index (κ2) is 5.45. The summed E-state index contributed by atoms with van der Waals surface area (Å²) in [5, 5.41) is 0. The van der Waals surface area contributed by atoms with Gasteiger partial charge in [0.05, 0.1) is 0 Å². The van der Waals surface area contributed by atoms with Crippen molar-refractivity contribution in [2.75, 3.05) is 0 Å². The number of rotatable bonds is 3. The molecule has 3 nitrogen and oxygen atoms in total. The molecule has 4 heteroatoms. The highest BCUT2D eigenvalue weighted by Gasteiger charge is 2.23. The van der Waals surface area contributed by atoms with Gasteiger partial charge in [0.2, 0.25) is 5.88 Å². The molecule has 1 fully saturated rings. The van der Waals surface area contributed by atoms with Crippen molar-refractivity contribution >= 4 is 17.2 Å². The number of pyridine rings is 1. The van der Waals surface area contributed by atoms with Gasteiger partial charge in [0, 0.05) is 17.8 Å². The second-order valence-corrected chi connectivity index (χ2v) is 5.11. The summed E-state index contributed by atoms with van der Waals surface area (Å²) in [6.45, 7) is 2.24. The van der Waals surface area contributed by atoms with Gasteiger partial charge in [-0.15, -0.1) is 0 Å². The van der Waals surface area contributed by atoms with E-state index in [9.17, 15) is 0 Å². The predicted molar refractivity (Wildman–Crippen MR) is 72.2 cm³/mol. The van der Waals surface area contributed by atoms with Crippen LogP contribution < -0.4 is 10.5 Å². The maximum absolute atomic E-state index is 5.91. The summed E-state index contributed by atoms with van der Waals surface area (Å²) in [4.78, 5) is 4.61. The molecule has 1 aromatic rings. The molecule has 2 rings (SSSR count). The molecule has 0 spiro atoms. The smallest absolute Gasteiger partial charge is 0.213 e. The summed E-state index contributed by atoms with van der Waals surface area (Å²) in [6.07, 6.45) is 6.90. The van der Waals surface area contributed by atoms with Crippen molar-refractivity contribution in [3.05, 3.63) is 23.9 Å². The highest BCUT2D eigenvalue weighted by atomic mass is 32.1. The lowest BCUT2D eigenvalue weighted by Crippen LogP contribution is -2.28. The molecule has 1 aliphatic rings. The standard InChI is InChI=1S/C13H18N2OS/c1-9-4-2-3-5-11(9)16-12-7-6-10(8-15-12)13(14)17/h6-9,11H,2-5H2,1H3,(H2,14,17). The zero-order valence-corrected chi connectivity index (χ0v) is 10.9. The molecule has 92 valence electrons. The van der Waals surface area contributed by atoms with E-state index in [1.165, 1.54) is 19.3 Å². The summed E-state index contributed by atoms with van der Waals surface area (Å²) in [7, 11) is 0. The number of hydrogen-bond acceptors (Lipinski definition) is 3.